The van der Waals surface area contributed by atoms with Crippen molar-refractivity contribution >= 4 is 5.97 Å². The summed E-state index contributed by atoms with van der Waals surface area (Å²) >= 11 is 0. The number of fused-ring (bicyclic) bond motifs is 3. The smallest absolute Gasteiger partial charge is 0.337 e. The number of hydrogen-bond donors (Lipinski definition) is 1. The second kappa shape index (κ2) is 6.99. The second-order valence-corrected chi connectivity index (χ2v) is 6.75. The van der Waals surface area contributed by atoms with E-state index in [1.54, 1.807) is 12.1 Å². The number of nitrogens with two attached hydrogens (primary N) is 1. The van der Waals surface area contributed by atoms with Gasteiger partial charge in [0.25, 0.3) is 0 Å². The van der Waals surface area contributed by atoms with Gasteiger partial charge in [0.1, 0.15) is 0 Å². The lowest BCUT2D eigenvalue weighted by Gasteiger charge is -2.46. The van der Waals surface area contributed by atoms with Gasteiger partial charge < -0.3 is 19.9 Å². The summed E-state index contributed by atoms with van der Waals surface area (Å²) in [5, 5.41) is 0. The topological polar surface area (TPSA) is 70.8 Å². The van der Waals surface area contributed by atoms with Gasteiger partial charge in [-0.3, -0.25) is 0 Å². The molecule has 2 heterocycles. The predicted octanol–water partition coefficient (Wildman–Crippen LogP) is 2.45. The van der Waals surface area contributed by atoms with Crippen molar-refractivity contribution in [2.24, 2.45) is 11.1 Å². The van der Waals surface area contributed by atoms with E-state index >= 15 is 0 Å². The zero-order valence-electron chi connectivity index (χ0n) is 13.6. The first kappa shape index (κ1) is 16.4. The van der Waals surface area contributed by atoms with Crippen LogP contribution < -0.4 is 5.73 Å². The molecule has 0 radical (unpaired) electrons. The molecule has 1 atom stereocenters. The van der Waals surface area contributed by atoms with Crippen LogP contribution in [0.5, 0.6) is 0 Å². The molecule has 4 rings (SSSR count). The van der Waals surface area contributed by atoms with Crippen LogP contribution in [0.1, 0.15) is 47.6 Å². The minimum absolute atomic E-state index is 0.195. The number of ether oxygens (including phenoxy) is 3. The minimum atomic E-state index is -0.339. The lowest BCUT2D eigenvalue weighted by atomic mass is 9.72. The maximum absolute atomic E-state index is 11.4. The number of rotatable bonds is 6. The second-order valence-electron chi connectivity index (χ2n) is 6.75. The first-order valence-electron chi connectivity index (χ1n) is 8.25. The third-order valence-corrected chi connectivity index (χ3v) is 5.08. The van der Waals surface area contributed by atoms with Crippen LogP contribution in [0.3, 0.4) is 0 Å². The predicted molar refractivity (Wildman–Crippen MR) is 86.2 cm³/mol. The summed E-state index contributed by atoms with van der Waals surface area (Å²) in [6.45, 7) is 2.01. The first-order chi connectivity index (χ1) is 11.1. The standard InChI is InChI=1S/C18H25NO4/c1-21-17(20)14-4-2-13(3-5-14)16(19)10-22-11-18-8-6-15(7-9-18)23-12-18/h2-5,15-16H,6-12,19H2,1H3/t15?,16-,18?/m1/s1. The molecule has 0 unspecified atom stereocenters. The van der Waals surface area contributed by atoms with E-state index in [1.165, 1.54) is 20.0 Å². The van der Waals surface area contributed by atoms with Crippen molar-refractivity contribution in [2.75, 3.05) is 26.9 Å². The molecule has 2 aliphatic heterocycles. The SMILES string of the molecule is COC(=O)c1ccc([C@H](N)COCC23CCC(CC2)OC3)cc1. The van der Waals surface area contributed by atoms with Crippen LogP contribution in [0.15, 0.2) is 24.3 Å². The summed E-state index contributed by atoms with van der Waals surface area (Å²) in [7, 11) is 1.37. The fraction of sp³-hybridized carbons (Fsp3) is 0.611. The van der Waals surface area contributed by atoms with Crippen LogP contribution in [0.4, 0.5) is 0 Å². The molecular weight excluding hydrogens is 294 g/mol. The Bertz CT molecular complexity index is 521. The molecule has 5 nitrogen and oxygen atoms in total. The van der Waals surface area contributed by atoms with Crippen molar-refractivity contribution in [3.8, 4) is 0 Å². The van der Waals surface area contributed by atoms with Gasteiger partial charge in [-0.1, -0.05) is 12.1 Å². The number of hydrogen-bond acceptors (Lipinski definition) is 5. The maximum Gasteiger partial charge on any atom is 0.337 e. The molecule has 1 aromatic carbocycles. The highest BCUT2D eigenvalue weighted by Gasteiger charge is 2.41. The molecule has 2 bridgehead atoms. The average Bonchev–Trinajstić information content (AvgIpc) is 2.62. The molecule has 2 saturated heterocycles. The van der Waals surface area contributed by atoms with Gasteiger partial charge in [-0.25, -0.2) is 4.79 Å². The summed E-state index contributed by atoms with van der Waals surface area (Å²) < 4.78 is 16.4. The molecule has 1 saturated carbocycles. The van der Waals surface area contributed by atoms with Gasteiger partial charge in [-0.05, 0) is 43.4 Å². The number of carbonyl (C=O) groups is 1. The molecule has 1 aliphatic carbocycles. The molecule has 2 N–H and O–H groups in total. The Morgan fingerprint density at radius 3 is 2.61 bits per heavy atom. The number of benzene rings is 1. The summed E-state index contributed by atoms with van der Waals surface area (Å²) in [4.78, 5) is 11.4. The summed E-state index contributed by atoms with van der Waals surface area (Å²) in [5.74, 6) is -0.339. The molecule has 126 valence electrons. The Hall–Kier alpha value is -1.43. The molecule has 3 fully saturated rings. The molecule has 0 aromatic heterocycles. The van der Waals surface area contributed by atoms with Crippen LogP contribution in [0, 0.1) is 5.41 Å². The van der Waals surface area contributed by atoms with Gasteiger partial charge >= 0.3 is 5.97 Å². The third-order valence-electron chi connectivity index (χ3n) is 5.08. The van der Waals surface area contributed by atoms with E-state index in [4.69, 9.17) is 15.2 Å². The lowest BCUT2D eigenvalue weighted by Crippen LogP contribution is -2.45. The van der Waals surface area contributed by atoms with Crippen LogP contribution in [0.25, 0.3) is 0 Å². The lowest BCUT2D eigenvalue weighted by molar-refractivity contribution is -0.142. The van der Waals surface area contributed by atoms with E-state index in [1.807, 2.05) is 12.1 Å². The van der Waals surface area contributed by atoms with Crippen molar-refractivity contribution in [3.63, 3.8) is 0 Å². The highest BCUT2D eigenvalue weighted by Crippen LogP contribution is 2.43. The molecule has 3 aliphatic rings. The van der Waals surface area contributed by atoms with E-state index in [2.05, 4.69) is 4.74 Å². The van der Waals surface area contributed by atoms with Gasteiger partial charge in [0.15, 0.2) is 0 Å². The van der Waals surface area contributed by atoms with Gasteiger partial charge in [-0.2, -0.15) is 0 Å². The van der Waals surface area contributed by atoms with Crippen molar-refractivity contribution in [2.45, 2.75) is 37.8 Å². The Kier molecular flexibility index (Phi) is 4.99. The van der Waals surface area contributed by atoms with Crippen LogP contribution in [-0.2, 0) is 14.2 Å². The summed E-state index contributed by atoms with van der Waals surface area (Å²) in [6.07, 6.45) is 5.18. The number of carbonyl (C=O) groups excluding carboxylic acids is 1. The molecule has 0 spiro atoms. The Morgan fingerprint density at radius 1 is 1.35 bits per heavy atom. The molecular formula is C18H25NO4. The van der Waals surface area contributed by atoms with Crippen LogP contribution >= 0.6 is 0 Å². The monoisotopic (exact) mass is 319 g/mol. The van der Waals surface area contributed by atoms with Gasteiger partial charge in [0.2, 0.25) is 0 Å². The first-order valence-corrected chi connectivity index (χ1v) is 8.25. The van der Waals surface area contributed by atoms with E-state index < -0.39 is 0 Å². The zero-order valence-corrected chi connectivity index (χ0v) is 13.6. The molecule has 1 aromatic rings. The molecule has 5 heteroatoms. The Balaban J connectivity index is 1.49. The quantitative estimate of drug-likeness (QED) is 0.816. The highest BCUT2D eigenvalue weighted by atomic mass is 16.5. The van der Waals surface area contributed by atoms with Gasteiger partial charge in [-0.15, -0.1) is 0 Å². The molecule has 23 heavy (non-hydrogen) atoms. The third kappa shape index (κ3) is 3.74. The van der Waals surface area contributed by atoms with Gasteiger partial charge in [0, 0.05) is 5.41 Å². The fourth-order valence-corrected chi connectivity index (χ4v) is 3.48. The van der Waals surface area contributed by atoms with E-state index in [0.717, 1.165) is 25.0 Å². The van der Waals surface area contributed by atoms with Crippen molar-refractivity contribution < 1.29 is 19.0 Å². The number of methoxy groups -OCH3 is 1. The molecule has 0 amide bonds. The van der Waals surface area contributed by atoms with Crippen molar-refractivity contribution in [3.05, 3.63) is 35.4 Å². The normalized spacial score (nSPS) is 27.7. The van der Waals surface area contributed by atoms with E-state index in [-0.39, 0.29) is 17.4 Å². The fourth-order valence-electron chi connectivity index (χ4n) is 3.48. The van der Waals surface area contributed by atoms with Crippen molar-refractivity contribution in [1.29, 1.82) is 0 Å². The number of esters is 1. The largest absolute Gasteiger partial charge is 0.465 e. The van der Waals surface area contributed by atoms with Crippen LogP contribution in [-0.4, -0.2) is 39.0 Å². The zero-order chi connectivity index (χ0) is 16.3. The van der Waals surface area contributed by atoms with Crippen LogP contribution in [0.2, 0.25) is 0 Å². The summed E-state index contributed by atoms with van der Waals surface area (Å²) in [6, 6.07) is 6.98. The van der Waals surface area contributed by atoms with Crippen molar-refractivity contribution in [1.82, 2.24) is 0 Å². The Morgan fingerprint density at radius 2 is 2.04 bits per heavy atom. The van der Waals surface area contributed by atoms with E-state index in [9.17, 15) is 4.79 Å². The minimum Gasteiger partial charge on any atom is -0.465 e. The Labute approximate surface area is 137 Å². The summed E-state index contributed by atoms with van der Waals surface area (Å²) in [5.41, 5.74) is 7.87. The highest BCUT2D eigenvalue weighted by molar-refractivity contribution is 5.89. The average molecular weight is 319 g/mol. The van der Waals surface area contributed by atoms with Gasteiger partial charge in [0.05, 0.1) is 44.6 Å². The van der Waals surface area contributed by atoms with E-state index in [0.29, 0.717) is 24.9 Å². The maximum atomic E-state index is 11.4.